The minimum Gasteiger partial charge on any atom is -0.423 e. The summed E-state index contributed by atoms with van der Waals surface area (Å²) in [5.41, 5.74) is 1.00. The van der Waals surface area contributed by atoms with E-state index in [1.54, 1.807) is 19.1 Å². The van der Waals surface area contributed by atoms with E-state index in [9.17, 15) is 9.18 Å². The van der Waals surface area contributed by atoms with Crippen LogP contribution in [0.4, 0.5) is 15.8 Å². The third kappa shape index (κ3) is 2.79. The Morgan fingerprint density at radius 2 is 2.23 bits per heavy atom. The van der Waals surface area contributed by atoms with Crippen molar-refractivity contribution in [1.29, 1.82) is 0 Å². The molecular weight excluding hydrogens is 287 g/mol. The van der Waals surface area contributed by atoms with E-state index in [1.165, 1.54) is 11.0 Å². The number of hydrogen-bond donors (Lipinski definition) is 1. The van der Waals surface area contributed by atoms with E-state index in [-0.39, 0.29) is 11.9 Å². The predicted octanol–water partition coefficient (Wildman–Crippen LogP) is 2.82. The first-order chi connectivity index (χ1) is 10.5. The van der Waals surface area contributed by atoms with Crippen molar-refractivity contribution >= 4 is 17.3 Å². The molecule has 6 nitrogen and oxygen atoms in total. The van der Waals surface area contributed by atoms with Crippen LogP contribution >= 0.6 is 0 Å². The highest BCUT2D eigenvalue weighted by molar-refractivity contribution is 5.95. The quantitative estimate of drug-likeness (QED) is 0.940. The maximum Gasteiger partial charge on any atom is 0.238 e. The van der Waals surface area contributed by atoms with E-state index in [4.69, 9.17) is 4.42 Å². The largest absolute Gasteiger partial charge is 0.423 e. The van der Waals surface area contributed by atoms with Gasteiger partial charge in [0.05, 0.1) is 5.69 Å². The molecule has 1 unspecified atom stereocenters. The third-order valence-corrected chi connectivity index (χ3v) is 3.61. The summed E-state index contributed by atoms with van der Waals surface area (Å²) in [5, 5.41) is 10.9. The van der Waals surface area contributed by atoms with Crippen LogP contribution in [-0.4, -0.2) is 22.6 Å². The second kappa shape index (κ2) is 5.75. The average Bonchev–Trinajstić information content (AvgIpc) is 3.10. The number of aromatic nitrogens is 2. The molecule has 22 heavy (non-hydrogen) atoms. The average molecular weight is 304 g/mol. The molecule has 7 heteroatoms. The first-order valence-electron chi connectivity index (χ1n) is 7.21. The number of carbonyl (C=O) groups is 1. The van der Waals surface area contributed by atoms with E-state index < -0.39 is 5.82 Å². The number of rotatable bonds is 4. The summed E-state index contributed by atoms with van der Waals surface area (Å²) in [6, 6.07) is 4.40. The molecule has 1 fully saturated rings. The van der Waals surface area contributed by atoms with Gasteiger partial charge < -0.3 is 14.6 Å². The molecular formula is C15H17FN4O2. The van der Waals surface area contributed by atoms with Gasteiger partial charge >= 0.3 is 0 Å². The lowest BCUT2D eigenvalue weighted by Crippen LogP contribution is -2.24. The van der Waals surface area contributed by atoms with E-state index in [0.29, 0.717) is 36.1 Å². The van der Waals surface area contributed by atoms with Gasteiger partial charge in [0.1, 0.15) is 11.9 Å². The fraction of sp³-hybridized carbons (Fsp3) is 0.400. The molecule has 1 N–H and O–H groups in total. The monoisotopic (exact) mass is 304 g/mol. The van der Waals surface area contributed by atoms with E-state index in [2.05, 4.69) is 15.5 Å². The van der Waals surface area contributed by atoms with E-state index >= 15 is 0 Å². The molecule has 116 valence electrons. The first-order valence-corrected chi connectivity index (χ1v) is 7.21. The maximum atomic E-state index is 14.0. The van der Waals surface area contributed by atoms with Crippen molar-refractivity contribution in [2.24, 2.45) is 0 Å². The molecule has 0 radical (unpaired) electrons. The Morgan fingerprint density at radius 1 is 1.41 bits per heavy atom. The van der Waals surface area contributed by atoms with Crippen LogP contribution in [0.1, 0.15) is 37.6 Å². The molecule has 1 amide bonds. The van der Waals surface area contributed by atoms with Gasteiger partial charge in [0, 0.05) is 25.6 Å². The van der Waals surface area contributed by atoms with Crippen LogP contribution in [0.2, 0.25) is 0 Å². The predicted molar refractivity (Wildman–Crippen MR) is 79.1 cm³/mol. The van der Waals surface area contributed by atoms with Crippen LogP contribution in [0.25, 0.3) is 0 Å². The van der Waals surface area contributed by atoms with Crippen LogP contribution in [0.5, 0.6) is 0 Å². The van der Waals surface area contributed by atoms with Crippen molar-refractivity contribution in [2.75, 3.05) is 16.8 Å². The second-order valence-corrected chi connectivity index (χ2v) is 5.34. The maximum absolute atomic E-state index is 14.0. The van der Waals surface area contributed by atoms with Crippen molar-refractivity contribution in [3.8, 4) is 0 Å². The summed E-state index contributed by atoms with van der Waals surface area (Å²) < 4.78 is 19.4. The summed E-state index contributed by atoms with van der Waals surface area (Å²) >= 11 is 0. The summed E-state index contributed by atoms with van der Waals surface area (Å²) in [7, 11) is 0. The Labute approximate surface area is 127 Å². The number of amides is 1. The zero-order chi connectivity index (χ0) is 15.7. The van der Waals surface area contributed by atoms with Crippen molar-refractivity contribution in [2.45, 2.75) is 32.7 Å². The number of nitrogens with zero attached hydrogens (tertiary/aromatic N) is 3. The minimum atomic E-state index is -0.401. The summed E-state index contributed by atoms with van der Waals surface area (Å²) in [6.07, 6.45) is 1.22. The Morgan fingerprint density at radius 3 is 2.86 bits per heavy atom. The molecule has 1 aromatic carbocycles. The topological polar surface area (TPSA) is 71.3 Å². The number of carbonyl (C=O) groups excluding carboxylic acids is 1. The van der Waals surface area contributed by atoms with Crippen LogP contribution in [0.15, 0.2) is 22.6 Å². The normalized spacial score (nSPS) is 16.1. The molecule has 1 atom stereocenters. The number of anilines is 2. The van der Waals surface area contributed by atoms with Crippen LogP contribution in [0, 0.1) is 12.7 Å². The Balaban J connectivity index is 1.81. The Hall–Kier alpha value is -2.44. The molecule has 1 aliphatic rings. The van der Waals surface area contributed by atoms with Gasteiger partial charge in [-0.15, -0.1) is 10.2 Å². The zero-order valence-electron chi connectivity index (χ0n) is 12.5. The second-order valence-electron chi connectivity index (χ2n) is 5.34. The number of nitrogens with one attached hydrogen (secondary N) is 1. The molecule has 3 rings (SSSR count). The highest BCUT2D eigenvalue weighted by Crippen LogP contribution is 2.29. The summed E-state index contributed by atoms with van der Waals surface area (Å²) in [5.74, 6) is 0.505. The third-order valence-electron chi connectivity index (χ3n) is 3.61. The van der Waals surface area contributed by atoms with Crippen molar-refractivity contribution in [3.05, 3.63) is 35.8 Å². The number of benzene rings is 1. The number of halogens is 1. The van der Waals surface area contributed by atoms with Gasteiger partial charge in [0.2, 0.25) is 17.7 Å². The van der Waals surface area contributed by atoms with E-state index in [0.717, 1.165) is 6.42 Å². The standard InChI is InChI=1S/C15H17FN4O2/c1-9(15-19-18-10(2)22-15)17-11-5-6-12(16)13(8-11)20-7-3-4-14(20)21/h5-6,8-9,17H,3-4,7H2,1-2H3. The van der Waals surface area contributed by atoms with E-state index in [1.807, 2.05) is 6.92 Å². The van der Waals surface area contributed by atoms with Crippen molar-refractivity contribution < 1.29 is 13.6 Å². The lowest BCUT2D eigenvalue weighted by molar-refractivity contribution is -0.117. The number of aryl methyl sites for hydroxylation is 1. The van der Waals surface area contributed by atoms with Gasteiger partial charge in [-0.2, -0.15) is 0 Å². The molecule has 0 bridgehead atoms. The van der Waals surface area contributed by atoms with Crippen LogP contribution in [0.3, 0.4) is 0 Å². The molecule has 2 heterocycles. The molecule has 2 aromatic rings. The van der Waals surface area contributed by atoms with Gasteiger partial charge in [0.25, 0.3) is 0 Å². The van der Waals surface area contributed by atoms with Crippen molar-refractivity contribution in [1.82, 2.24) is 10.2 Å². The molecule has 1 saturated heterocycles. The SMILES string of the molecule is Cc1nnc(C(C)Nc2ccc(F)c(N3CCCC3=O)c2)o1. The molecule has 0 spiro atoms. The Kier molecular flexibility index (Phi) is 3.79. The van der Waals surface area contributed by atoms with Gasteiger partial charge in [-0.25, -0.2) is 4.39 Å². The molecule has 0 aliphatic carbocycles. The fourth-order valence-electron chi connectivity index (χ4n) is 2.51. The highest BCUT2D eigenvalue weighted by Gasteiger charge is 2.24. The minimum absolute atomic E-state index is 0.0448. The fourth-order valence-corrected chi connectivity index (χ4v) is 2.51. The zero-order valence-corrected chi connectivity index (χ0v) is 12.5. The lowest BCUT2D eigenvalue weighted by Gasteiger charge is -2.19. The van der Waals surface area contributed by atoms with Gasteiger partial charge in [-0.1, -0.05) is 0 Å². The summed E-state index contributed by atoms with van der Waals surface area (Å²) in [6.45, 7) is 4.15. The summed E-state index contributed by atoms with van der Waals surface area (Å²) in [4.78, 5) is 13.3. The van der Waals surface area contributed by atoms with Crippen molar-refractivity contribution in [3.63, 3.8) is 0 Å². The van der Waals surface area contributed by atoms with Crippen LogP contribution in [-0.2, 0) is 4.79 Å². The highest BCUT2D eigenvalue weighted by atomic mass is 19.1. The molecule has 1 aliphatic heterocycles. The first kappa shape index (κ1) is 14.5. The van der Waals surface area contributed by atoms with Crippen LogP contribution < -0.4 is 10.2 Å². The van der Waals surface area contributed by atoms with Gasteiger partial charge in [-0.05, 0) is 31.5 Å². The number of hydrogen-bond acceptors (Lipinski definition) is 5. The smallest absolute Gasteiger partial charge is 0.238 e. The Bertz CT molecular complexity index is 701. The lowest BCUT2D eigenvalue weighted by atomic mass is 10.2. The van der Waals surface area contributed by atoms with Gasteiger partial charge in [-0.3, -0.25) is 4.79 Å². The molecule has 0 saturated carbocycles. The van der Waals surface area contributed by atoms with Gasteiger partial charge in [0.15, 0.2) is 0 Å². The molecule has 1 aromatic heterocycles.